The molecule has 0 saturated carbocycles. The molecule has 8 heteroatoms. The van der Waals surface area contributed by atoms with E-state index in [0.717, 1.165) is 10.2 Å². The SMILES string of the molecule is CCOCCn1/c(=N/S(=O)(=O)c2ccccc2)sc2cc(Cl)ccc21. The number of sulfonamides is 1. The molecule has 1 aromatic heterocycles. The first-order valence-corrected chi connectivity index (χ1v) is 10.4. The highest BCUT2D eigenvalue weighted by Gasteiger charge is 2.14. The molecule has 0 atom stereocenters. The van der Waals surface area contributed by atoms with Crippen LogP contribution in [0.25, 0.3) is 10.2 Å². The standard InChI is InChI=1S/C17H17ClN2O3S2/c1-2-23-11-10-20-15-9-8-13(18)12-16(15)24-17(20)19-25(21,22)14-6-4-3-5-7-14/h3-9,12H,2,10-11H2,1H3/b19-17-. The average molecular weight is 397 g/mol. The molecule has 25 heavy (non-hydrogen) atoms. The topological polar surface area (TPSA) is 60.7 Å². The second kappa shape index (κ2) is 7.70. The minimum atomic E-state index is -3.78. The normalized spacial score (nSPS) is 12.8. The highest BCUT2D eigenvalue weighted by atomic mass is 35.5. The number of rotatable bonds is 6. The van der Waals surface area contributed by atoms with Gasteiger partial charge in [0.05, 0.1) is 21.7 Å². The maximum absolute atomic E-state index is 12.6. The molecule has 0 unspecified atom stereocenters. The van der Waals surface area contributed by atoms with Crippen molar-refractivity contribution in [1.82, 2.24) is 4.57 Å². The molecule has 0 aliphatic heterocycles. The molecule has 1 heterocycles. The molecule has 0 radical (unpaired) electrons. The quantitative estimate of drug-likeness (QED) is 0.597. The Morgan fingerprint density at radius 1 is 1.20 bits per heavy atom. The Morgan fingerprint density at radius 3 is 2.68 bits per heavy atom. The summed E-state index contributed by atoms with van der Waals surface area (Å²) in [5.74, 6) is 0. The predicted molar refractivity (Wildman–Crippen MR) is 101 cm³/mol. The number of thiazole rings is 1. The number of aromatic nitrogens is 1. The highest BCUT2D eigenvalue weighted by Crippen LogP contribution is 2.22. The molecule has 5 nitrogen and oxygen atoms in total. The van der Waals surface area contributed by atoms with Crippen LogP contribution in [0.3, 0.4) is 0 Å². The molecule has 3 rings (SSSR count). The summed E-state index contributed by atoms with van der Waals surface area (Å²) in [4.78, 5) is 0.572. The lowest BCUT2D eigenvalue weighted by atomic mass is 10.3. The molecule has 0 aliphatic carbocycles. The van der Waals surface area contributed by atoms with Crippen molar-refractivity contribution in [3.8, 4) is 0 Å². The molecule has 2 aromatic carbocycles. The summed E-state index contributed by atoms with van der Waals surface area (Å²) < 4.78 is 37.4. The van der Waals surface area contributed by atoms with Crippen LogP contribution in [0.2, 0.25) is 5.02 Å². The largest absolute Gasteiger partial charge is 0.380 e. The van der Waals surface area contributed by atoms with Crippen LogP contribution >= 0.6 is 22.9 Å². The lowest BCUT2D eigenvalue weighted by Crippen LogP contribution is -2.19. The molecule has 3 aromatic rings. The van der Waals surface area contributed by atoms with Gasteiger partial charge in [0.2, 0.25) is 4.80 Å². The average Bonchev–Trinajstić information content (AvgIpc) is 2.91. The second-order valence-electron chi connectivity index (χ2n) is 5.22. The van der Waals surface area contributed by atoms with E-state index in [0.29, 0.717) is 29.6 Å². The minimum Gasteiger partial charge on any atom is -0.380 e. The third-order valence-corrected chi connectivity index (χ3v) is 6.22. The number of ether oxygens (including phenoxy) is 1. The summed E-state index contributed by atoms with van der Waals surface area (Å²) in [7, 11) is -3.78. The Morgan fingerprint density at radius 2 is 1.96 bits per heavy atom. The minimum absolute atomic E-state index is 0.168. The van der Waals surface area contributed by atoms with Gasteiger partial charge in [-0.05, 0) is 37.3 Å². The number of benzene rings is 2. The third kappa shape index (κ3) is 4.12. The fourth-order valence-corrected chi connectivity index (χ4v) is 4.94. The fraction of sp³-hybridized carbons (Fsp3) is 0.235. The van der Waals surface area contributed by atoms with Crippen molar-refractivity contribution in [3.05, 3.63) is 58.4 Å². The van der Waals surface area contributed by atoms with Gasteiger partial charge in [-0.3, -0.25) is 0 Å². The van der Waals surface area contributed by atoms with Gasteiger partial charge < -0.3 is 9.30 Å². The molecule has 0 fully saturated rings. The summed E-state index contributed by atoms with van der Waals surface area (Å²) in [6.45, 7) is 3.51. The van der Waals surface area contributed by atoms with E-state index in [4.69, 9.17) is 16.3 Å². The molecular formula is C17H17ClN2O3S2. The first kappa shape index (κ1) is 18.1. The molecule has 0 N–H and O–H groups in total. The van der Waals surface area contributed by atoms with Gasteiger partial charge in [0.1, 0.15) is 0 Å². The first-order chi connectivity index (χ1) is 12.0. The fourth-order valence-electron chi connectivity index (χ4n) is 2.38. The number of hydrogen-bond donors (Lipinski definition) is 0. The number of hydrogen-bond acceptors (Lipinski definition) is 4. The van der Waals surface area contributed by atoms with Crippen LogP contribution in [0.15, 0.2) is 57.8 Å². The first-order valence-electron chi connectivity index (χ1n) is 7.74. The van der Waals surface area contributed by atoms with Crippen LogP contribution in [0.4, 0.5) is 0 Å². The summed E-state index contributed by atoms with van der Waals surface area (Å²) in [6.07, 6.45) is 0. The molecule has 0 spiro atoms. The summed E-state index contributed by atoms with van der Waals surface area (Å²) in [5.41, 5.74) is 0.885. The molecule has 0 amide bonds. The van der Waals surface area contributed by atoms with Gasteiger partial charge >= 0.3 is 0 Å². The van der Waals surface area contributed by atoms with Crippen LogP contribution in [0.5, 0.6) is 0 Å². The van der Waals surface area contributed by atoms with Crippen LogP contribution in [-0.2, 0) is 21.3 Å². The summed E-state index contributed by atoms with van der Waals surface area (Å²) in [5, 5.41) is 0.600. The Hall–Kier alpha value is -1.67. The second-order valence-corrected chi connectivity index (χ2v) is 8.27. The highest BCUT2D eigenvalue weighted by molar-refractivity contribution is 7.90. The van der Waals surface area contributed by atoms with E-state index in [2.05, 4.69) is 4.40 Å². The monoisotopic (exact) mass is 396 g/mol. The number of nitrogens with zero attached hydrogens (tertiary/aromatic N) is 2. The van der Waals surface area contributed by atoms with Gasteiger partial charge in [0.15, 0.2) is 0 Å². The van der Waals surface area contributed by atoms with Crippen molar-refractivity contribution in [2.75, 3.05) is 13.2 Å². The van der Waals surface area contributed by atoms with Crippen molar-refractivity contribution >= 4 is 43.2 Å². The van der Waals surface area contributed by atoms with Crippen molar-refractivity contribution < 1.29 is 13.2 Å². The lowest BCUT2D eigenvalue weighted by Gasteiger charge is -2.05. The van der Waals surface area contributed by atoms with Crippen LogP contribution in [-0.4, -0.2) is 26.2 Å². The van der Waals surface area contributed by atoms with E-state index in [9.17, 15) is 8.42 Å². The third-order valence-electron chi connectivity index (χ3n) is 3.55. The van der Waals surface area contributed by atoms with E-state index >= 15 is 0 Å². The Labute approximate surface area is 155 Å². The van der Waals surface area contributed by atoms with E-state index in [-0.39, 0.29) is 4.90 Å². The van der Waals surface area contributed by atoms with E-state index in [1.54, 1.807) is 24.3 Å². The van der Waals surface area contributed by atoms with Gasteiger partial charge in [-0.2, -0.15) is 8.42 Å². The van der Waals surface area contributed by atoms with Crippen LogP contribution in [0.1, 0.15) is 6.92 Å². The van der Waals surface area contributed by atoms with Gasteiger partial charge in [-0.15, -0.1) is 4.40 Å². The Bertz CT molecular complexity index is 1040. The van der Waals surface area contributed by atoms with E-state index < -0.39 is 10.0 Å². The van der Waals surface area contributed by atoms with Crippen LogP contribution < -0.4 is 4.80 Å². The summed E-state index contributed by atoms with van der Waals surface area (Å²) >= 11 is 7.35. The van der Waals surface area contributed by atoms with Crippen molar-refractivity contribution in [2.24, 2.45) is 4.40 Å². The molecule has 132 valence electrons. The Kier molecular flexibility index (Phi) is 5.58. The van der Waals surface area contributed by atoms with Crippen molar-refractivity contribution in [3.63, 3.8) is 0 Å². The van der Waals surface area contributed by atoms with E-state index in [1.165, 1.54) is 23.5 Å². The number of fused-ring (bicyclic) bond motifs is 1. The summed E-state index contributed by atoms with van der Waals surface area (Å²) in [6, 6.07) is 13.7. The predicted octanol–water partition coefficient (Wildman–Crippen LogP) is 3.68. The maximum atomic E-state index is 12.6. The van der Waals surface area contributed by atoms with Gasteiger partial charge in [0.25, 0.3) is 10.0 Å². The molecule has 0 aliphatic rings. The molecular weight excluding hydrogens is 380 g/mol. The van der Waals surface area contributed by atoms with Crippen LogP contribution in [0, 0.1) is 0 Å². The van der Waals surface area contributed by atoms with Gasteiger partial charge in [-0.25, -0.2) is 0 Å². The maximum Gasteiger partial charge on any atom is 0.285 e. The molecule has 0 bridgehead atoms. The van der Waals surface area contributed by atoms with Gasteiger partial charge in [0, 0.05) is 18.2 Å². The smallest absolute Gasteiger partial charge is 0.285 e. The lowest BCUT2D eigenvalue weighted by molar-refractivity contribution is 0.139. The van der Waals surface area contributed by atoms with Crippen molar-refractivity contribution in [2.45, 2.75) is 18.4 Å². The zero-order chi connectivity index (χ0) is 17.9. The van der Waals surface area contributed by atoms with Gasteiger partial charge in [-0.1, -0.05) is 41.1 Å². The molecule has 0 saturated heterocycles. The van der Waals surface area contributed by atoms with Crippen molar-refractivity contribution in [1.29, 1.82) is 0 Å². The zero-order valence-corrected chi connectivity index (χ0v) is 15.9. The zero-order valence-electron chi connectivity index (χ0n) is 13.6. The van der Waals surface area contributed by atoms with E-state index in [1.807, 2.05) is 23.6 Å². The number of halogens is 1. The Balaban J connectivity index is 2.15.